The zero-order chi connectivity index (χ0) is 23.1. The Balaban J connectivity index is 0.00000274. The number of carbonyl (C=O) groups is 2. The van der Waals surface area contributed by atoms with Gasteiger partial charge in [0.1, 0.15) is 18.1 Å². The molecule has 0 aromatic carbocycles. The number of esters is 1. The summed E-state index contributed by atoms with van der Waals surface area (Å²) >= 11 is 0. The van der Waals surface area contributed by atoms with Crippen LogP contribution >= 0.6 is 0 Å². The maximum atomic E-state index is 13.4. The number of hydrogen-bond donors (Lipinski definition) is 2. The minimum absolute atomic E-state index is 0. The number of furan rings is 1. The number of quaternary nitrogens is 1. The molecule has 1 unspecified atom stereocenters. The van der Waals surface area contributed by atoms with E-state index in [4.69, 9.17) is 13.7 Å². The molecular formula is C24H32BrN3O6. The largest absolute Gasteiger partial charge is 1.00 e. The molecule has 0 radical (unpaired) electrons. The Bertz CT molecular complexity index is 994. The van der Waals surface area contributed by atoms with Gasteiger partial charge in [-0.05, 0) is 31.9 Å². The number of amides is 1. The van der Waals surface area contributed by atoms with Crippen molar-refractivity contribution in [2.45, 2.75) is 57.2 Å². The molecule has 4 fully saturated rings. The predicted molar refractivity (Wildman–Crippen MR) is 117 cm³/mol. The number of fused-ring (bicyclic) bond motifs is 3. The van der Waals surface area contributed by atoms with E-state index in [1.165, 1.54) is 6.26 Å². The lowest BCUT2D eigenvalue weighted by atomic mass is 9.81. The summed E-state index contributed by atoms with van der Waals surface area (Å²) in [6, 6.07) is 5.02. The molecule has 5 heterocycles. The highest BCUT2D eigenvalue weighted by atomic mass is 79.9. The van der Waals surface area contributed by atoms with Gasteiger partial charge in [0.25, 0.3) is 5.91 Å². The van der Waals surface area contributed by atoms with Gasteiger partial charge in [0.2, 0.25) is 5.60 Å². The summed E-state index contributed by atoms with van der Waals surface area (Å²) in [7, 11) is 0. The molecule has 10 heteroatoms. The Morgan fingerprint density at radius 2 is 2.00 bits per heavy atom. The number of halogens is 1. The first kappa shape index (κ1) is 24.9. The predicted octanol–water partition coefficient (Wildman–Crippen LogP) is -0.251. The SMILES string of the molecule is Cc1cc(NC(=O)C[N+]23CCC(CC2)C(OC(=O)[C@](O)(c2ccco2)C2CCCC2)C3)no1.[Br-]. The van der Waals surface area contributed by atoms with E-state index in [-0.39, 0.29) is 53.1 Å². The number of piperidine rings is 3. The number of aromatic nitrogens is 1. The zero-order valence-corrected chi connectivity index (χ0v) is 21.0. The van der Waals surface area contributed by atoms with Crippen molar-refractivity contribution in [3.05, 3.63) is 36.0 Å². The van der Waals surface area contributed by atoms with Gasteiger partial charge in [-0.2, -0.15) is 0 Å². The van der Waals surface area contributed by atoms with Crippen molar-refractivity contribution in [3.63, 3.8) is 0 Å². The molecule has 2 N–H and O–H groups in total. The quantitative estimate of drug-likeness (QED) is 0.369. The summed E-state index contributed by atoms with van der Waals surface area (Å²) in [6.07, 6.45) is 6.41. The molecular weight excluding hydrogens is 506 g/mol. The van der Waals surface area contributed by atoms with Crippen LogP contribution in [0.4, 0.5) is 5.82 Å². The van der Waals surface area contributed by atoms with Crippen LogP contribution < -0.4 is 22.3 Å². The molecule has 0 spiro atoms. The highest BCUT2D eigenvalue weighted by Gasteiger charge is 2.54. The topological polar surface area (TPSA) is 115 Å². The van der Waals surface area contributed by atoms with Crippen molar-refractivity contribution in [2.24, 2.45) is 11.8 Å². The summed E-state index contributed by atoms with van der Waals surface area (Å²) in [4.78, 5) is 26.1. The molecule has 1 amide bonds. The molecule has 186 valence electrons. The van der Waals surface area contributed by atoms with E-state index in [9.17, 15) is 14.7 Å². The number of rotatable bonds is 7. The first-order valence-corrected chi connectivity index (χ1v) is 11.9. The van der Waals surface area contributed by atoms with Gasteiger partial charge >= 0.3 is 5.97 Å². The van der Waals surface area contributed by atoms with Crippen molar-refractivity contribution in [3.8, 4) is 0 Å². The van der Waals surface area contributed by atoms with Crippen molar-refractivity contribution < 1.29 is 49.8 Å². The number of aryl methyl sites for hydroxylation is 1. The van der Waals surface area contributed by atoms with Gasteiger partial charge in [0.15, 0.2) is 18.5 Å². The van der Waals surface area contributed by atoms with Gasteiger partial charge in [-0.3, -0.25) is 4.79 Å². The van der Waals surface area contributed by atoms with Crippen molar-refractivity contribution >= 4 is 17.7 Å². The molecule has 2 atom stereocenters. The van der Waals surface area contributed by atoms with E-state index in [1.54, 1.807) is 25.1 Å². The number of carbonyl (C=O) groups excluding carboxylic acids is 2. The van der Waals surface area contributed by atoms with E-state index in [2.05, 4.69) is 10.5 Å². The van der Waals surface area contributed by atoms with Crippen molar-refractivity contribution in [1.82, 2.24) is 5.16 Å². The lowest BCUT2D eigenvalue weighted by Crippen LogP contribution is -3.00. The molecule has 1 saturated carbocycles. The van der Waals surface area contributed by atoms with Gasteiger partial charge in [0, 0.05) is 30.7 Å². The average Bonchev–Trinajstić information content (AvgIpc) is 3.57. The summed E-state index contributed by atoms with van der Waals surface area (Å²) < 4.78 is 17.1. The van der Waals surface area contributed by atoms with Gasteiger partial charge < -0.3 is 45.6 Å². The monoisotopic (exact) mass is 537 g/mol. The maximum absolute atomic E-state index is 13.4. The first-order chi connectivity index (χ1) is 15.9. The lowest BCUT2D eigenvalue weighted by Gasteiger charge is -2.51. The normalized spacial score (nSPS) is 28.2. The summed E-state index contributed by atoms with van der Waals surface area (Å²) in [5.74, 6) is 0.583. The molecule has 3 saturated heterocycles. The Kier molecular flexibility index (Phi) is 7.21. The Morgan fingerprint density at radius 3 is 2.62 bits per heavy atom. The smallest absolute Gasteiger partial charge is 0.346 e. The molecule has 9 nitrogen and oxygen atoms in total. The number of nitrogens with one attached hydrogen (secondary N) is 1. The Hall–Kier alpha value is -2.17. The fourth-order valence-electron chi connectivity index (χ4n) is 6.02. The standard InChI is InChI=1S/C24H31N3O6.BrH/c1-16-13-21(26-33-16)25-22(28)15-27-10-8-17(9-11-27)19(14-27)32-23(29)24(30,18-5-2-3-6-18)20-7-4-12-31-20;/h4,7,12-13,17-19,30H,2-3,5-6,8-11,14-15H2,1H3;1H/t17?,19?,24-,27?;/m1./s1. The van der Waals surface area contributed by atoms with E-state index in [0.717, 1.165) is 51.6 Å². The number of anilines is 1. The van der Waals surface area contributed by atoms with Gasteiger partial charge in [-0.15, -0.1) is 0 Å². The molecule has 3 aliphatic heterocycles. The van der Waals surface area contributed by atoms with E-state index >= 15 is 0 Å². The molecule has 2 aromatic heterocycles. The summed E-state index contributed by atoms with van der Waals surface area (Å²) in [5, 5.41) is 18.2. The molecule has 4 aliphatic rings. The van der Waals surface area contributed by atoms with Crippen LogP contribution in [0.25, 0.3) is 0 Å². The van der Waals surface area contributed by atoms with Gasteiger partial charge in [-0.1, -0.05) is 18.0 Å². The average molecular weight is 538 g/mol. The van der Waals surface area contributed by atoms with Crippen molar-refractivity contribution in [2.75, 3.05) is 31.5 Å². The van der Waals surface area contributed by atoms with E-state index < -0.39 is 11.6 Å². The van der Waals surface area contributed by atoms with Crippen LogP contribution in [0.3, 0.4) is 0 Å². The molecule has 2 aromatic rings. The maximum Gasteiger partial charge on any atom is 0.346 e. The molecule has 34 heavy (non-hydrogen) atoms. The second-order valence-corrected chi connectivity index (χ2v) is 10.0. The van der Waals surface area contributed by atoms with Crippen LogP contribution in [0.2, 0.25) is 0 Å². The fourth-order valence-corrected chi connectivity index (χ4v) is 6.02. The second kappa shape index (κ2) is 9.83. The van der Waals surface area contributed by atoms with Crippen LogP contribution in [0.5, 0.6) is 0 Å². The fraction of sp³-hybridized carbons (Fsp3) is 0.625. The third kappa shape index (κ3) is 4.67. The minimum atomic E-state index is -1.76. The zero-order valence-electron chi connectivity index (χ0n) is 19.4. The van der Waals surface area contributed by atoms with Crippen LogP contribution in [-0.2, 0) is 19.9 Å². The lowest BCUT2D eigenvalue weighted by molar-refractivity contribution is -0.939. The third-order valence-electron chi connectivity index (χ3n) is 7.83. The van der Waals surface area contributed by atoms with Crippen LogP contribution in [0.15, 0.2) is 33.4 Å². The Labute approximate surface area is 209 Å². The summed E-state index contributed by atoms with van der Waals surface area (Å²) in [6.45, 7) is 4.37. The third-order valence-corrected chi connectivity index (χ3v) is 7.83. The number of ether oxygens (including phenoxy) is 1. The second-order valence-electron chi connectivity index (χ2n) is 10.0. The van der Waals surface area contributed by atoms with Crippen LogP contribution in [0, 0.1) is 18.8 Å². The van der Waals surface area contributed by atoms with Gasteiger partial charge in [-0.25, -0.2) is 4.79 Å². The summed E-state index contributed by atoms with van der Waals surface area (Å²) in [5.41, 5.74) is -1.76. The van der Waals surface area contributed by atoms with E-state index in [1.807, 2.05) is 0 Å². The number of hydrogen-bond acceptors (Lipinski definition) is 7. The molecule has 2 bridgehead atoms. The number of nitrogens with zero attached hydrogens (tertiary/aromatic N) is 2. The van der Waals surface area contributed by atoms with Crippen LogP contribution in [0.1, 0.15) is 50.0 Å². The van der Waals surface area contributed by atoms with Crippen molar-refractivity contribution in [1.29, 1.82) is 0 Å². The molecule has 6 rings (SSSR count). The Morgan fingerprint density at radius 1 is 1.26 bits per heavy atom. The first-order valence-electron chi connectivity index (χ1n) is 11.9. The van der Waals surface area contributed by atoms with Gasteiger partial charge in [0.05, 0.1) is 19.4 Å². The minimum Gasteiger partial charge on any atom is -1.00 e. The number of aliphatic hydroxyl groups is 1. The van der Waals surface area contributed by atoms with E-state index in [0.29, 0.717) is 22.6 Å². The highest BCUT2D eigenvalue weighted by molar-refractivity contribution is 5.90. The highest BCUT2D eigenvalue weighted by Crippen LogP contribution is 2.43. The molecule has 1 aliphatic carbocycles. The van der Waals surface area contributed by atoms with Crippen LogP contribution in [-0.4, -0.2) is 58.9 Å².